The molecule has 1 aromatic heterocycles. The molecule has 8 nitrogen and oxygen atoms in total. The minimum atomic E-state index is -0.669. The third-order valence-electron chi connectivity index (χ3n) is 7.82. The number of para-hydroxylation sites is 1. The number of anilines is 2. The Bertz CT molecular complexity index is 2070. The molecule has 5 aromatic rings. The normalized spacial score (nSPS) is 13.9. The number of amides is 1. The van der Waals surface area contributed by atoms with Crippen LogP contribution in [-0.4, -0.2) is 27.3 Å². The second-order valence-corrected chi connectivity index (χ2v) is 14.2. The molecule has 0 aliphatic carbocycles. The maximum atomic E-state index is 14.2. The number of aromatic nitrogens is 3. The Morgan fingerprint density at radius 1 is 0.980 bits per heavy atom. The number of rotatable bonds is 11. The van der Waals surface area contributed by atoms with Crippen LogP contribution < -0.4 is 20.1 Å². The number of carbonyl (C=O) groups is 1. The highest BCUT2D eigenvalue weighted by atomic mass is 79.9. The van der Waals surface area contributed by atoms with Crippen molar-refractivity contribution in [2.75, 3.05) is 17.2 Å². The summed E-state index contributed by atoms with van der Waals surface area (Å²) in [5, 5.41) is 13.6. The number of thioether (sulfide) groups is 1. The molecule has 2 N–H and O–H groups in total. The second kappa shape index (κ2) is 15.5. The van der Waals surface area contributed by atoms with E-state index >= 15 is 0 Å². The van der Waals surface area contributed by atoms with E-state index in [1.807, 2.05) is 87.5 Å². The van der Waals surface area contributed by atoms with Gasteiger partial charge in [0.1, 0.15) is 12.6 Å². The Morgan fingerprint density at radius 2 is 1.76 bits per heavy atom. The van der Waals surface area contributed by atoms with Crippen molar-refractivity contribution < 1.29 is 14.3 Å². The van der Waals surface area contributed by atoms with Gasteiger partial charge in [0.25, 0.3) is 5.91 Å². The average molecular weight is 800 g/mol. The molecular weight excluding hydrogens is 769 g/mol. The second-order valence-electron chi connectivity index (χ2n) is 11.2. The summed E-state index contributed by atoms with van der Waals surface area (Å²) < 4.78 is 14.7. The summed E-state index contributed by atoms with van der Waals surface area (Å²) in [6.07, 6.45) is 0. The zero-order valence-electron chi connectivity index (χ0n) is 26.7. The van der Waals surface area contributed by atoms with Crippen LogP contribution in [0.1, 0.15) is 42.1 Å². The fourth-order valence-corrected chi connectivity index (χ4v) is 7.54. The number of allylic oxidation sites excluding steroid dienone is 1. The van der Waals surface area contributed by atoms with Crippen LogP contribution in [0.5, 0.6) is 11.5 Å². The van der Waals surface area contributed by atoms with E-state index in [0.717, 1.165) is 22.3 Å². The van der Waals surface area contributed by atoms with Crippen LogP contribution in [0.2, 0.25) is 15.1 Å². The number of aryl methyl sites for hydroxylation is 1. The zero-order chi connectivity index (χ0) is 34.7. The highest BCUT2D eigenvalue weighted by Crippen LogP contribution is 2.44. The largest absolute Gasteiger partial charge is 0.490 e. The molecule has 1 atom stereocenters. The van der Waals surface area contributed by atoms with E-state index in [1.165, 1.54) is 11.8 Å². The first-order valence-electron chi connectivity index (χ1n) is 15.3. The maximum Gasteiger partial charge on any atom is 0.255 e. The van der Waals surface area contributed by atoms with Gasteiger partial charge in [-0.25, -0.2) is 4.68 Å². The van der Waals surface area contributed by atoms with Crippen molar-refractivity contribution in [3.8, 4) is 11.5 Å². The van der Waals surface area contributed by atoms with E-state index in [-0.39, 0.29) is 12.5 Å². The molecule has 1 amide bonds. The number of nitrogens with zero attached hydrogens (tertiary/aromatic N) is 3. The topological polar surface area (TPSA) is 90.3 Å². The summed E-state index contributed by atoms with van der Waals surface area (Å²) in [5.41, 5.74) is 5.25. The molecule has 4 aromatic carbocycles. The molecule has 6 rings (SSSR count). The fraction of sp³-hybridized carbons (Fsp3) is 0.194. The lowest BCUT2D eigenvalue weighted by Gasteiger charge is -2.29. The third kappa shape index (κ3) is 7.89. The molecular formula is C36H31BrCl3N5O3S. The monoisotopic (exact) mass is 797 g/mol. The van der Waals surface area contributed by atoms with Crippen LogP contribution in [0.15, 0.2) is 99.8 Å². The Morgan fingerprint density at radius 3 is 2.51 bits per heavy atom. The van der Waals surface area contributed by atoms with E-state index in [0.29, 0.717) is 71.5 Å². The summed E-state index contributed by atoms with van der Waals surface area (Å²) in [7, 11) is 0. The van der Waals surface area contributed by atoms with Crippen LogP contribution >= 0.6 is 62.5 Å². The Balaban J connectivity index is 1.40. The zero-order valence-corrected chi connectivity index (χ0v) is 31.4. The summed E-state index contributed by atoms with van der Waals surface area (Å²) in [6, 6.07) is 23.7. The van der Waals surface area contributed by atoms with Crippen LogP contribution in [0, 0.1) is 6.92 Å². The minimum Gasteiger partial charge on any atom is -0.490 e. The number of carbonyl (C=O) groups excluding carboxylic acids is 1. The third-order valence-corrected chi connectivity index (χ3v) is 10.3. The number of halogens is 4. The van der Waals surface area contributed by atoms with E-state index in [1.54, 1.807) is 16.8 Å². The number of ether oxygens (including phenoxy) is 2. The molecule has 1 aliphatic rings. The molecule has 0 saturated heterocycles. The van der Waals surface area contributed by atoms with E-state index in [2.05, 4.69) is 26.6 Å². The number of nitrogens with one attached hydrogen (secondary N) is 2. The lowest BCUT2D eigenvalue weighted by Crippen LogP contribution is -2.31. The van der Waals surface area contributed by atoms with Crippen LogP contribution in [-0.2, 0) is 17.2 Å². The molecule has 1 unspecified atom stereocenters. The van der Waals surface area contributed by atoms with Crippen molar-refractivity contribution in [3.05, 3.63) is 132 Å². The molecule has 2 heterocycles. The number of fused-ring (bicyclic) bond motifs is 1. The van der Waals surface area contributed by atoms with Gasteiger partial charge < -0.3 is 20.1 Å². The van der Waals surface area contributed by atoms with Crippen molar-refractivity contribution >= 4 is 80.0 Å². The van der Waals surface area contributed by atoms with Gasteiger partial charge in [0.05, 0.1) is 16.7 Å². The van der Waals surface area contributed by atoms with Gasteiger partial charge in [-0.05, 0) is 89.8 Å². The SMILES string of the molecule is CCOc1cc(C2C(C(=O)Nc3ccccc3C)=C(C)Nc3nc(SCc4ccccc4Cl)nn32)cc(Br)c1OCc1ccc(Cl)cc1Cl. The molecule has 13 heteroatoms. The summed E-state index contributed by atoms with van der Waals surface area (Å²) in [6.45, 7) is 6.28. The number of hydrogen-bond acceptors (Lipinski definition) is 7. The van der Waals surface area contributed by atoms with Gasteiger partial charge in [-0.3, -0.25) is 4.79 Å². The lowest BCUT2D eigenvalue weighted by molar-refractivity contribution is -0.113. The predicted octanol–water partition coefficient (Wildman–Crippen LogP) is 10.5. The molecule has 49 heavy (non-hydrogen) atoms. The van der Waals surface area contributed by atoms with Crippen LogP contribution in [0.3, 0.4) is 0 Å². The van der Waals surface area contributed by atoms with Crippen LogP contribution in [0.25, 0.3) is 0 Å². The van der Waals surface area contributed by atoms with Gasteiger partial charge in [0.15, 0.2) is 11.5 Å². The van der Waals surface area contributed by atoms with Crippen molar-refractivity contribution in [2.45, 2.75) is 44.3 Å². The van der Waals surface area contributed by atoms with E-state index in [4.69, 9.17) is 54.4 Å². The van der Waals surface area contributed by atoms with Crippen molar-refractivity contribution in [3.63, 3.8) is 0 Å². The first kappa shape index (κ1) is 35.2. The number of hydrogen-bond donors (Lipinski definition) is 2. The molecule has 0 fully saturated rings. The molecule has 0 saturated carbocycles. The average Bonchev–Trinajstić information content (AvgIpc) is 3.47. The van der Waals surface area contributed by atoms with E-state index in [9.17, 15) is 4.79 Å². The Kier molecular flexibility index (Phi) is 11.1. The Hall–Kier alpha value is -3.67. The van der Waals surface area contributed by atoms with Crippen molar-refractivity contribution in [1.29, 1.82) is 0 Å². The standard InChI is InChI=1S/C36H31BrCl3N5O3S/c1-4-47-30-16-24(15-26(37)33(30)48-18-22-13-14-25(38)17-28(22)40)32-31(34(46)42-29-12-8-5-9-20(29)2)21(3)41-35-43-36(44-45(32)35)49-19-23-10-6-7-11-27(23)39/h5-17,32H,4,18-19H2,1-3H3,(H,42,46)(H,41,43,44). The van der Waals surface area contributed by atoms with Crippen molar-refractivity contribution in [2.24, 2.45) is 0 Å². The summed E-state index contributed by atoms with van der Waals surface area (Å²) in [4.78, 5) is 19.0. The number of benzene rings is 4. The molecule has 0 spiro atoms. The smallest absolute Gasteiger partial charge is 0.255 e. The summed E-state index contributed by atoms with van der Waals surface area (Å²) >= 11 is 24.1. The van der Waals surface area contributed by atoms with Gasteiger partial charge in [0, 0.05) is 37.8 Å². The van der Waals surface area contributed by atoms with Gasteiger partial charge in [-0.15, -0.1) is 5.10 Å². The minimum absolute atomic E-state index is 0.184. The van der Waals surface area contributed by atoms with Gasteiger partial charge in [0.2, 0.25) is 11.1 Å². The van der Waals surface area contributed by atoms with Crippen LogP contribution in [0.4, 0.5) is 11.6 Å². The highest BCUT2D eigenvalue weighted by molar-refractivity contribution is 9.10. The molecule has 0 radical (unpaired) electrons. The highest BCUT2D eigenvalue weighted by Gasteiger charge is 2.36. The van der Waals surface area contributed by atoms with E-state index < -0.39 is 6.04 Å². The maximum absolute atomic E-state index is 14.2. The lowest BCUT2D eigenvalue weighted by atomic mass is 9.94. The first-order valence-corrected chi connectivity index (χ1v) is 18.2. The Labute approximate surface area is 312 Å². The van der Waals surface area contributed by atoms with Gasteiger partial charge in [-0.1, -0.05) is 89.0 Å². The van der Waals surface area contributed by atoms with Crippen molar-refractivity contribution in [1.82, 2.24) is 14.8 Å². The predicted molar refractivity (Wildman–Crippen MR) is 201 cm³/mol. The first-order chi connectivity index (χ1) is 23.6. The van der Waals surface area contributed by atoms with Gasteiger partial charge >= 0.3 is 0 Å². The molecule has 252 valence electrons. The fourth-order valence-electron chi connectivity index (χ4n) is 5.39. The quantitative estimate of drug-likeness (QED) is 0.129. The molecule has 0 bridgehead atoms. The summed E-state index contributed by atoms with van der Waals surface area (Å²) in [5.74, 6) is 1.78. The molecule has 1 aliphatic heterocycles. The van der Waals surface area contributed by atoms with Gasteiger partial charge in [-0.2, -0.15) is 4.98 Å².